The fourth-order valence-electron chi connectivity index (χ4n) is 3.95. The first-order valence-corrected chi connectivity index (χ1v) is 9.21. The zero-order chi connectivity index (χ0) is 17.1. The zero-order valence-electron chi connectivity index (χ0n) is 14.5. The molecule has 0 radical (unpaired) electrons. The van der Waals surface area contributed by atoms with Gasteiger partial charge in [0.15, 0.2) is 0 Å². The molecule has 1 unspecified atom stereocenters. The quantitative estimate of drug-likeness (QED) is 0.936. The van der Waals surface area contributed by atoms with E-state index in [1.54, 1.807) is 0 Å². The Hall–Kier alpha value is -2.17. The number of amides is 1. The van der Waals surface area contributed by atoms with Crippen molar-refractivity contribution in [1.82, 2.24) is 15.1 Å². The molecule has 4 heteroatoms. The van der Waals surface area contributed by atoms with E-state index in [4.69, 9.17) is 0 Å². The summed E-state index contributed by atoms with van der Waals surface area (Å²) in [4.78, 5) is 17.7. The van der Waals surface area contributed by atoms with Crippen LogP contribution >= 0.6 is 0 Å². The van der Waals surface area contributed by atoms with Gasteiger partial charge in [0.05, 0.1) is 0 Å². The molecule has 0 aliphatic carbocycles. The van der Waals surface area contributed by atoms with Crippen LogP contribution in [0.15, 0.2) is 54.6 Å². The van der Waals surface area contributed by atoms with Crippen LogP contribution in [-0.4, -0.2) is 61.0 Å². The maximum atomic E-state index is 13.1. The van der Waals surface area contributed by atoms with Crippen molar-refractivity contribution in [3.8, 4) is 11.1 Å². The van der Waals surface area contributed by atoms with E-state index in [9.17, 15) is 4.79 Å². The predicted molar refractivity (Wildman–Crippen MR) is 101 cm³/mol. The van der Waals surface area contributed by atoms with Crippen LogP contribution in [0.25, 0.3) is 11.1 Å². The van der Waals surface area contributed by atoms with E-state index in [1.807, 2.05) is 47.4 Å². The number of nitrogens with zero attached hydrogens (tertiary/aromatic N) is 2. The highest BCUT2D eigenvalue weighted by molar-refractivity contribution is 6.00. The van der Waals surface area contributed by atoms with Gasteiger partial charge >= 0.3 is 0 Å². The fourth-order valence-corrected chi connectivity index (χ4v) is 3.95. The lowest BCUT2D eigenvalue weighted by molar-refractivity contribution is 0.0584. The molecular weight excluding hydrogens is 310 g/mol. The van der Waals surface area contributed by atoms with Crippen LogP contribution in [0.3, 0.4) is 0 Å². The molecule has 4 nitrogen and oxygen atoms in total. The summed E-state index contributed by atoms with van der Waals surface area (Å²) in [6.07, 6.45) is 1.23. The SMILES string of the molecule is O=C(c1ccccc1-c1ccccc1)N1CCN(C2CCNC2)CC1. The molecule has 2 fully saturated rings. The van der Waals surface area contributed by atoms with Crippen LogP contribution < -0.4 is 5.32 Å². The summed E-state index contributed by atoms with van der Waals surface area (Å²) in [5, 5.41) is 3.43. The second kappa shape index (κ2) is 7.38. The number of rotatable bonds is 3. The minimum Gasteiger partial charge on any atom is -0.336 e. The molecule has 0 bridgehead atoms. The van der Waals surface area contributed by atoms with Crippen LogP contribution in [0.4, 0.5) is 0 Å². The highest BCUT2D eigenvalue weighted by Crippen LogP contribution is 2.25. The van der Waals surface area contributed by atoms with Crippen molar-refractivity contribution < 1.29 is 4.79 Å². The van der Waals surface area contributed by atoms with Crippen LogP contribution in [0, 0.1) is 0 Å². The number of carbonyl (C=O) groups excluding carboxylic acids is 1. The number of benzene rings is 2. The fraction of sp³-hybridized carbons (Fsp3) is 0.381. The van der Waals surface area contributed by atoms with Gasteiger partial charge in [0.2, 0.25) is 0 Å². The average molecular weight is 335 g/mol. The van der Waals surface area contributed by atoms with E-state index in [2.05, 4.69) is 22.3 Å². The van der Waals surface area contributed by atoms with Gasteiger partial charge in [-0.05, 0) is 30.2 Å². The van der Waals surface area contributed by atoms with Crippen LogP contribution in [0.5, 0.6) is 0 Å². The van der Waals surface area contributed by atoms with Gasteiger partial charge in [0.25, 0.3) is 5.91 Å². The predicted octanol–water partition coefficient (Wildman–Crippen LogP) is 2.47. The van der Waals surface area contributed by atoms with Crippen molar-refractivity contribution in [2.75, 3.05) is 39.3 Å². The Morgan fingerprint density at radius 1 is 0.920 bits per heavy atom. The Balaban J connectivity index is 1.49. The van der Waals surface area contributed by atoms with Gasteiger partial charge in [-0.15, -0.1) is 0 Å². The lowest BCUT2D eigenvalue weighted by Crippen LogP contribution is -2.52. The maximum absolute atomic E-state index is 13.1. The van der Waals surface area contributed by atoms with Crippen LogP contribution in [0.1, 0.15) is 16.8 Å². The third-order valence-corrected chi connectivity index (χ3v) is 5.39. The summed E-state index contributed by atoms with van der Waals surface area (Å²) in [7, 11) is 0. The zero-order valence-corrected chi connectivity index (χ0v) is 14.5. The number of hydrogen-bond acceptors (Lipinski definition) is 3. The highest BCUT2D eigenvalue weighted by Gasteiger charge is 2.28. The average Bonchev–Trinajstić information content (AvgIpc) is 3.23. The van der Waals surface area contributed by atoms with Crippen molar-refractivity contribution in [2.24, 2.45) is 0 Å². The highest BCUT2D eigenvalue weighted by atomic mass is 16.2. The first kappa shape index (κ1) is 16.3. The minimum atomic E-state index is 0.156. The molecule has 2 aliphatic heterocycles. The summed E-state index contributed by atoms with van der Waals surface area (Å²) in [6.45, 7) is 5.80. The van der Waals surface area contributed by atoms with E-state index in [0.717, 1.165) is 56.0 Å². The first-order valence-electron chi connectivity index (χ1n) is 9.21. The molecule has 4 rings (SSSR count). The second-order valence-corrected chi connectivity index (χ2v) is 6.89. The van der Waals surface area contributed by atoms with E-state index >= 15 is 0 Å². The molecule has 2 saturated heterocycles. The first-order chi connectivity index (χ1) is 12.3. The maximum Gasteiger partial charge on any atom is 0.254 e. The van der Waals surface area contributed by atoms with E-state index in [1.165, 1.54) is 6.42 Å². The summed E-state index contributed by atoms with van der Waals surface area (Å²) < 4.78 is 0. The van der Waals surface area contributed by atoms with Gasteiger partial charge in [-0.3, -0.25) is 9.69 Å². The normalized spacial score (nSPS) is 21.4. The van der Waals surface area contributed by atoms with Gasteiger partial charge < -0.3 is 10.2 Å². The van der Waals surface area contributed by atoms with E-state index < -0.39 is 0 Å². The van der Waals surface area contributed by atoms with Crippen molar-refractivity contribution in [3.63, 3.8) is 0 Å². The third kappa shape index (κ3) is 3.46. The van der Waals surface area contributed by atoms with Gasteiger partial charge in [-0.1, -0.05) is 48.5 Å². The van der Waals surface area contributed by atoms with E-state index in [0.29, 0.717) is 6.04 Å². The molecule has 2 aromatic carbocycles. The Bertz CT molecular complexity index is 717. The Labute approximate surface area is 149 Å². The molecule has 2 aromatic rings. The molecule has 130 valence electrons. The molecule has 2 heterocycles. The topological polar surface area (TPSA) is 35.6 Å². The molecule has 1 N–H and O–H groups in total. The summed E-state index contributed by atoms with van der Waals surface area (Å²) in [6, 6.07) is 18.8. The Morgan fingerprint density at radius 3 is 2.36 bits per heavy atom. The molecule has 0 saturated carbocycles. The second-order valence-electron chi connectivity index (χ2n) is 6.89. The Kier molecular flexibility index (Phi) is 4.81. The molecule has 2 aliphatic rings. The monoisotopic (exact) mass is 335 g/mol. The Morgan fingerprint density at radius 2 is 1.64 bits per heavy atom. The summed E-state index contributed by atoms with van der Waals surface area (Å²) in [5.41, 5.74) is 2.93. The lowest BCUT2D eigenvalue weighted by atomic mass is 9.98. The summed E-state index contributed by atoms with van der Waals surface area (Å²) >= 11 is 0. The van der Waals surface area contributed by atoms with Crippen LogP contribution in [0.2, 0.25) is 0 Å². The number of nitrogens with one attached hydrogen (secondary N) is 1. The molecule has 1 atom stereocenters. The van der Waals surface area contributed by atoms with Gasteiger partial charge in [0, 0.05) is 44.3 Å². The van der Waals surface area contributed by atoms with E-state index in [-0.39, 0.29) is 5.91 Å². The standard InChI is InChI=1S/C21H25N3O/c25-21(24-14-12-23(13-15-24)18-10-11-22-16-18)20-9-5-4-8-19(20)17-6-2-1-3-7-17/h1-9,18,22H,10-16H2. The smallest absolute Gasteiger partial charge is 0.254 e. The number of carbonyl (C=O) groups is 1. The third-order valence-electron chi connectivity index (χ3n) is 5.39. The van der Waals surface area contributed by atoms with Gasteiger partial charge in [-0.2, -0.15) is 0 Å². The molecule has 0 spiro atoms. The van der Waals surface area contributed by atoms with Crippen molar-refractivity contribution in [2.45, 2.75) is 12.5 Å². The molecular formula is C21H25N3O. The number of hydrogen-bond donors (Lipinski definition) is 1. The lowest BCUT2D eigenvalue weighted by Gasteiger charge is -2.38. The van der Waals surface area contributed by atoms with Gasteiger partial charge in [0.1, 0.15) is 0 Å². The van der Waals surface area contributed by atoms with Crippen LogP contribution in [-0.2, 0) is 0 Å². The van der Waals surface area contributed by atoms with Crippen molar-refractivity contribution in [3.05, 3.63) is 60.2 Å². The molecule has 0 aromatic heterocycles. The molecule has 1 amide bonds. The summed E-state index contributed by atoms with van der Waals surface area (Å²) in [5.74, 6) is 0.156. The van der Waals surface area contributed by atoms with Crippen molar-refractivity contribution in [1.29, 1.82) is 0 Å². The largest absolute Gasteiger partial charge is 0.336 e. The molecule has 25 heavy (non-hydrogen) atoms. The van der Waals surface area contributed by atoms with Crippen molar-refractivity contribution >= 4 is 5.91 Å². The van der Waals surface area contributed by atoms with Gasteiger partial charge in [-0.25, -0.2) is 0 Å². The number of piperazine rings is 1. The minimum absolute atomic E-state index is 0.156.